The number of benzene rings is 1. The van der Waals surface area contributed by atoms with Crippen LogP contribution >= 0.6 is 11.6 Å². The van der Waals surface area contributed by atoms with Gasteiger partial charge in [0.2, 0.25) is 0 Å². The number of hydrogen-bond donors (Lipinski definition) is 2. The van der Waals surface area contributed by atoms with Crippen molar-refractivity contribution < 1.29 is 4.39 Å². The van der Waals surface area contributed by atoms with E-state index >= 15 is 0 Å². The highest BCUT2D eigenvalue weighted by Crippen LogP contribution is 2.14. The molecular weight excluding hydrogens is 265 g/mol. The average molecular weight is 286 g/mol. The highest BCUT2D eigenvalue weighted by atomic mass is 35.5. The molecule has 2 N–H and O–H groups in total. The molecule has 5 heteroatoms. The van der Waals surface area contributed by atoms with Crippen molar-refractivity contribution in [2.45, 2.75) is 13.0 Å². The van der Waals surface area contributed by atoms with Crippen molar-refractivity contribution in [3.63, 3.8) is 0 Å². The minimum atomic E-state index is -0.195. The maximum Gasteiger partial charge on any atom is 0.127 e. The first kappa shape index (κ1) is 14.7. The monoisotopic (exact) mass is 285 g/mol. The van der Waals surface area contributed by atoms with Crippen LogP contribution in [0.25, 0.3) is 0 Å². The maximum atomic E-state index is 13.5. The molecule has 1 aromatic carbocycles. The molecule has 0 aliphatic carbocycles. The molecule has 0 aromatic heterocycles. The van der Waals surface area contributed by atoms with Crippen LogP contribution in [0.1, 0.15) is 12.0 Å². The normalized spacial score (nSPS) is 16.7. The van der Waals surface area contributed by atoms with Gasteiger partial charge < -0.3 is 15.5 Å². The van der Waals surface area contributed by atoms with Crippen LogP contribution in [-0.4, -0.2) is 44.2 Å². The summed E-state index contributed by atoms with van der Waals surface area (Å²) in [6, 6.07) is 4.67. The Balaban J connectivity index is 1.62. The SMILES string of the molecule is Fc1ccc(Cl)cc1CNCCCN1CCNCC1. The van der Waals surface area contributed by atoms with Gasteiger partial charge in [-0.3, -0.25) is 0 Å². The average Bonchev–Trinajstić information content (AvgIpc) is 2.43. The fourth-order valence-electron chi connectivity index (χ4n) is 2.26. The zero-order valence-electron chi connectivity index (χ0n) is 11.1. The van der Waals surface area contributed by atoms with Gasteiger partial charge in [-0.2, -0.15) is 0 Å². The van der Waals surface area contributed by atoms with Crippen molar-refractivity contribution in [1.29, 1.82) is 0 Å². The van der Waals surface area contributed by atoms with E-state index < -0.39 is 0 Å². The minimum Gasteiger partial charge on any atom is -0.314 e. The molecule has 1 aliphatic heterocycles. The fourth-order valence-corrected chi connectivity index (χ4v) is 2.46. The highest BCUT2D eigenvalue weighted by Gasteiger charge is 2.08. The lowest BCUT2D eigenvalue weighted by Crippen LogP contribution is -2.44. The van der Waals surface area contributed by atoms with E-state index in [1.54, 1.807) is 12.1 Å². The smallest absolute Gasteiger partial charge is 0.127 e. The van der Waals surface area contributed by atoms with Crippen LogP contribution < -0.4 is 10.6 Å². The number of piperazine rings is 1. The van der Waals surface area contributed by atoms with E-state index in [-0.39, 0.29) is 5.82 Å². The van der Waals surface area contributed by atoms with Crippen LogP contribution in [0.15, 0.2) is 18.2 Å². The van der Waals surface area contributed by atoms with Crippen molar-refractivity contribution in [3.8, 4) is 0 Å². The Labute approximate surface area is 119 Å². The van der Waals surface area contributed by atoms with E-state index in [2.05, 4.69) is 15.5 Å². The Kier molecular flexibility index (Phi) is 6.04. The summed E-state index contributed by atoms with van der Waals surface area (Å²) in [6.45, 7) is 6.96. The zero-order chi connectivity index (χ0) is 13.5. The van der Waals surface area contributed by atoms with Crippen molar-refractivity contribution in [2.24, 2.45) is 0 Å². The van der Waals surface area contributed by atoms with E-state index in [1.807, 2.05) is 0 Å². The topological polar surface area (TPSA) is 27.3 Å². The Hall–Kier alpha value is -0.680. The third-order valence-electron chi connectivity index (χ3n) is 3.36. The van der Waals surface area contributed by atoms with Gasteiger partial charge in [-0.25, -0.2) is 4.39 Å². The first-order valence-corrected chi connectivity index (χ1v) is 7.21. The van der Waals surface area contributed by atoms with Gasteiger partial charge in [0.05, 0.1) is 0 Å². The Morgan fingerprint density at radius 3 is 2.89 bits per heavy atom. The van der Waals surface area contributed by atoms with Crippen molar-refractivity contribution in [2.75, 3.05) is 39.3 Å². The lowest BCUT2D eigenvalue weighted by Gasteiger charge is -2.27. The molecule has 2 rings (SSSR count). The van der Waals surface area contributed by atoms with Gasteiger partial charge in [0, 0.05) is 43.3 Å². The quantitative estimate of drug-likeness (QED) is 0.782. The second kappa shape index (κ2) is 7.80. The van der Waals surface area contributed by atoms with Gasteiger partial charge in [0.25, 0.3) is 0 Å². The molecule has 1 saturated heterocycles. The van der Waals surface area contributed by atoms with Gasteiger partial charge >= 0.3 is 0 Å². The summed E-state index contributed by atoms with van der Waals surface area (Å²) in [6.07, 6.45) is 1.09. The zero-order valence-corrected chi connectivity index (χ0v) is 11.8. The van der Waals surface area contributed by atoms with Gasteiger partial charge in [0.1, 0.15) is 5.82 Å². The van der Waals surface area contributed by atoms with Crippen LogP contribution in [0.3, 0.4) is 0 Å². The molecule has 0 radical (unpaired) electrons. The van der Waals surface area contributed by atoms with E-state index in [4.69, 9.17) is 11.6 Å². The predicted octanol–water partition coefficient (Wildman–Crippen LogP) is 1.86. The Morgan fingerprint density at radius 1 is 1.32 bits per heavy atom. The molecule has 3 nitrogen and oxygen atoms in total. The molecule has 0 unspecified atom stereocenters. The minimum absolute atomic E-state index is 0.195. The summed E-state index contributed by atoms with van der Waals surface area (Å²) >= 11 is 5.85. The molecule has 1 fully saturated rings. The molecule has 0 amide bonds. The maximum absolute atomic E-state index is 13.5. The van der Waals surface area contributed by atoms with E-state index in [9.17, 15) is 4.39 Å². The molecule has 1 aromatic rings. The molecule has 0 spiro atoms. The first-order chi connectivity index (χ1) is 9.25. The van der Waals surface area contributed by atoms with Crippen LogP contribution in [0.4, 0.5) is 4.39 Å². The van der Waals surface area contributed by atoms with Crippen LogP contribution in [-0.2, 0) is 6.54 Å². The Morgan fingerprint density at radius 2 is 2.11 bits per heavy atom. The van der Waals surface area contributed by atoms with Crippen LogP contribution in [0.5, 0.6) is 0 Å². The number of rotatable bonds is 6. The summed E-state index contributed by atoms with van der Waals surface area (Å²) in [5.74, 6) is -0.195. The lowest BCUT2D eigenvalue weighted by atomic mass is 10.2. The number of hydrogen-bond acceptors (Lipinski definition) is 3. The lowest BCUT2D eigenvalue weighted by molar-refractivity contribution is 0.237. The second-order valence-electron chi connectivity index (χ2n) is 4.86. The molecule has 1 heterocycles. The predicted molar refractivity (Wildman–Crippen MR) is 77.0 cm³/mol. The summed E-state index contributed by atoms with van der Waals surface area (Å²) in [5, 5.41) is 7.19. The molecule has 0 bridgehead atoms. The van der Waals surface area contributed by atoms with Gasteiger partial charge in [-0.15, -0.1) is 0 Å². The molecule has 106 valence electrons. The van der Waals surface area contributed by atoms with Crippen molar-refractivity contribution in [1.82, 2.24) is 15.5 Å². The number of nitrogens with zero attached hydrogens (tertiary/aromatic N) is 1. The summed E-state index contributed by atoms with van der Waals surface area (Å²) in [7, 11) is 0. The summed E-state index contributed by atoms with van der Waals surface area (Å²) in [5.41, 5.74) is 0.634. The standard InChI is InChI=1S/C14H21ClFN3/c15-13-2-3-14(16)12(10-13)11-18-4-1-7-19-8-5-17-6-9-19/h2-3,10,17-18H,1,4-9,11H2. The highest BCUT2D eigenvalue weighted by molar-refractivity contribution is 6.30. The van der Waals surface area contributed by atoms with Gasteiger partial charge in [0.15, 0.2) is 0 Å². The first-order valence-electron chi connectivity index (χ1n) is 6.83. The molecule has 0 saturated carbocycles. The van der Waals surface area contributed by atoms with E-state index in [1.165, 1.54) is 6.07 Å². The Bertz CT molecular complexity index is 394. The second-order valence-corrected chi connectivity index (χ2v) is 5.29. The molecule has 1 aliphatic rings. The number of nitrogens with one attached hydrogen (secondary N) is 2. The largest absolute Gasteiger partial charge is 0.314 e. The number of halogens is 2. The van der Waals surface area contributed by atoms with E-state index in [0.717, 1.165) is 45.7 Å². The third kappa shape index (κ3) is 5.07. The molecular formula is C14H21ClFN3. The van der Waals surface area contributed by atoms with Gasteiger partial charge in [-0.1, -0.05) is 11.6 Å². The van der Waals surface area contributed by atoms with E-state index in [0.29, 0.717) is 17.1 Å². The molecule has 19 heavy (non-hydrogen) atoms. The summed E-state index contributed by atoms with van der Waals surface area (Å²) in [4.78, 5) is 2.46. The van der Waals surface area contributed by atoms with Gasteiger partial charge in [-0.05, 0) is 37.7 Å². The fraction of sp³-hybridized carbons (Fsp3) is 0.571. The van der Waals surface area contributed by atoms with Crippen LogP contribution in [0, 0.1) is 5.82 Å². The van der Waals surface area contributed by atoms with Crippen LogP contribution in [0.2, 0.25) is 5.02 Å². The molecule has 0 atom stereocenters. The van der Waals surface area contributed by atoms with Crippen molar-refractivity contribution in [3.05, 3.63) is 34.6 Å². The van der Waals surface area contributed by atoms with Crippen molar-refractivity contribution >= 4 is 11.6 Å². The third-order valence-corrected chi connectivity index (χ3v) is 3.60. The summed E-state index contributed by atoms with van der Waals surface area (Å²) < 4.78 is 13.5.